The molecule has 0 radical (unpaired) electrons. The van der Waals surface area contributed by atoms with Crippen LogP contribution in [0.3, 0.4) is 0 Å². The van der Waals surface area contributed by atoms with Crippen molar-refractivity contribution in [1.29, 1.82) is 0 Å². The van der Waals surface area contributed by atoms with Gasteiger partial charge in [-0.05, 0) is 12.3 Å². The maximum absolute atomic E-state index is 5.63. The van der Waals surface area contributed by atoms with Gasteiger partial charge in [0.1, 0.15) is 0 Å². The zero-order valence-electron chi connectivity index (χ0n) is 7.25. The van der Waals surface area contributed by atoms with Gasteiger partial charge in [0.2, 0.25) is 0 Å². The zero-order valence-corrected chi connectivity index (χ0v) is 7.25. The average molecular weight is 156 g/mol. The van der Waals surface area contributed by atoms with Crippen LogP contribution in [-0.4, -0.2) is 25.4 Å². The lowest BCUT2D eigenvalue weighted by Crippen LogP contribution is -2.26. The zero-order chi connectivity index (χ0) is 7.84. The second kappa shape index (κ2) is 2.76. The summed E-state index contributed by atoms with van der Waals surface area (Å²) in [6.45, 7) is 6.31. The molecule has 0 amide bonds. The Morgan fingerprint density at radius 3 is 2.82 bits per heavy atom. The molecule has 0 aromatic rings. The molecule has 3 atom stereocenters. The maximum Gasteiger partial charge on any atom is 0.0890 e. The highest BCUT2D eigenvalue weighted by Gasteiger charge is 2.42. The van der Waals surface area contributed by atoms with E-state index in [2.05, 4.69) is 13.8 Å². The Hall–Kier alpha value is -0.0800. The largest absolute Gasteiger partial charge is 0.375 e. The van der Waals surface area contributed by atoms with E-state index in [-0.39, 0.29) is 0 Å². The van der Waals surface area contributed by atoms with Crippen LogP contribution in [0.25, 0.3) is 0 Å². The fourth-order valence-electron chi connectivity index (χ4n) is 2.07. The van der Waals surface area contributed by atoms with Crippen LogP contribution in [0.15, 0.2) is 0 Å². The second-order valence-electron chi connectivity index (χ2n) is 3.90. The third kappa shape index (κ3) is 1.18. The summed E-state index contributed by atoms with van der Waals surface area (Å²) in [4.78, 5) is 0. The van der Waals surface area contributed by atoms with Gasteiger partial charge in [-0.1, -0.05) is 13.8 Å². The lowest BCUT2D eigenvalue weighted by atomic mass is 9.91. The number of hydrogen-bond acceptors (Lipinski definition) is 2. The highest BCUT2D eigenvalue weighted by atomic mass is 16.6. The summed E-state index contributed by atoms with van der Waals surface area (Å²) in [5.74, 6) is 1.34. The summed E-state index contributed by atoms with van der Waals surface area (Å²) < 4.78 is 11.3. The molecule has 2 heteroatoms. The van der Waals surface area contributed by atoms with Gasteiger partial charge in [0.15, 0.2) is 0 Å². The van der Waals surface area contributed by atoms with Crippen LogP contribution in [0.4, 0.5) is 0 Å². The van der Waals surface area contributed by atoms with Gasteiger partial charge in [-0.2, -0.15) is 0 Å². The van der Waals surface area contributed by atoms with Crippen molar-refractivity contribution in [3.8, 4) is 0 Å². The average Bonchev–Trinajstić information content (AvgIpc) is 2.41. The number of ether oxygens (including phenoxy) is 2. The minimum Gasteiger partial charge on any atom is -0.375 e. The molecule has 0 N–H and O–H groups in total. The predicted molar refractivity (Wildman–Crippen MR) is 42.4 cm³/mol. The molecule has 2 heterocycles. The Kier molecular flexibility index (Phi) is 1.90. The molecule has 64 valence electrons. The standard InChI is InChI=1S/C9H16O2/c1-6(2)7-5-11-8-3-4-10-9(7)8/h6-9H,3-5H2,1-2H3/t7-,8-,9-/m0/s1. The van der Waals surface area contributed by atoms with E-state index < -0.39 is 0 Å². The quantitative estimate of drug-likeness (QED) is 0.572. The Bertz CT molecular complexity index is 144. The smallest absolute Gasteiger partial charge is 0.0890 e. The monoisotopic (exact) mass is 156 g/mol. The minimum absolute atomic E-state index is 0.412. The van der Waals surface area contributed by atoms with Gasteiger partial charge < -0.3 is 9.47 Å². The highest BCUT2D eigenvalue weighted by molar-refractivity contribution is 4.89. The van der Waals surface area contributed by atoms with Gasteiger partial charge in [-0.25, -0.2) is 0 Å². The van der Waals surface area contributed by atoms with E-state index in [0.29, 0.717) is 24.0 Å². The first-order chi connectivity index (χ1) is 5.29. The van der Waals surface area contributed by atoms with Gasteiger partial charge in [-0.15, -0.1) is 0 Å². The Morgan fingerprint density at radius 1 is 1.27 bits per heavy atom. The molecule has 0 unspecified atom stereocenters. The van der Waals surface area contributed by atoms with Crippen molar-refractivity contribution in [2.45, 2.75) is 32.5 Å². The van der Waals surface area contributed by atoms with Crippen molar-refractivity contribution in [3.63, 3.8) is 0 Å². The van der Waals surface area contributed by atoms with E-state index in [9.17, 15) is 0 Å². The van der Waals surface area contributed by atoms with Crippen molar-refractivity contribution in [2.75, 3.05) is 13.2 Å². The molecule has 2 nitrogen and oxygen atoms in total. The fraction of sp³-hybridized carbons (Fsp3) is 1.00. The van der Waals surface area contributed by atoms with E-state index in [1.54, 1.807) is 0 Å². The lowest BCUT2D eigenvalue weighted by Gasteiger charge is -2.18. The molecule has 0 saturated carbocycles. The Morgan fingerprint density at radius 2 is 2.09 bits per heavy atom. The molecule has 2 saturated heterocycles. The molecule has 0 aliphatic carbocycles. The van der Waals surface area contributed by atoms with Crippen LogP contribution in [0, 0.1) is 11.8 Å². The van der Waals surface area contributed by atoms with E-state index in [0.717, 1.165) is 19.6 Å². The van der Waals surface area contributed by atoms with Crippen LogP contribution in [0.1, 0.15) is 20.3 Å². The number of fused-ring (bicyclic) bond motifs is 1. The van der Waals surface area contributed by atoms with Crippen LogP contribution in [0.5, 0.6) is 0 Å². The van der Waals surface area contributed by atoms with Crippen LogP contribution < -0.4 is 0 Å². The van der Waals surface area contributed by atoms with Gasteiger partial charge in [0.25, 0.3) is 0 Å². The minimum atomic E-state index is 0.412. The van der Waals surface area contributed by atoms with E-state index >= 15 is 0 Å². The third-order valence-electron chi connectivity index (χ3n) is 2.86. The first kappa shape index (κ1) is 7.56. The molecule has 2 fully saturated rings. The van der Waals surface area contributed by atoms with Crippen molar-refractivity contribution in [3.05, 3.63) is 0 Å². The van der Waals surface area contributed by atoms with Gasteiger partial charge in [-0.3, -0.25) is 0 Å². The summed E-state index contributed by atoms with van der Waals surface area (Å²) in [7, 11) is 0. The first-order valence-corrected chi connectivity index (χ1v) is 4.52. The molecule has 0 aromatic heterocycles. The number of hydrogen-bond donors (Lipinski definition) is 0. The Balaban J connectivity index is 2.03. The molecule has 0 spiro atoms. The summed E-state index contributed by atoms with van der Waals surface area (Å²) >= 11 is 0. The molecule has 0 bridgehead atoms. The van der Waals surface area contributed by atoms with Gasteiger partial charge in [0, 0.05) is 12.5 Å². The van der Waals surface area contributed by atoms with Crippen molar-refractivity contribution < 1.29 is 9.47 Å². The van der Waals surface area contributed by atoms with E-state index in [1.807, 2.05) is 0 Å². The van der Waals surface area contributed by atoms with Gasteiger partial charge in [0.05, 0.1) is 18.8 Å². The summed E-state index contributed by atoms with van der Waals surface area (Å²) in [5.41, 5.74) is 0. The molecule has 11 heavy (non-hydrogen) atoms. The van der Waals surface area contributed by atoms with Crippen molar-refractivity contribution in [1.82, 2.24) is 0 Å². The van der Waals surface area contributed by atoms with Crippen LogP contribution >= 0.6 is 0 Å². The molecule has 2 rings (SSSR count). The van der Waals surface area contributed by atoms with E-state index in [4.69, 9.17) is 9.47 Å². The molecule has 2 aliphatic rings. The van der Waals surface area contributed by atoms with Crippen molar-refractivity contribution >= 4 is 0 Å². The summed E-state index contributed by atoms with van der Waals surface area (Å²) in [5, 5.41) is 0. The second-order valence-corrected chi connectivity index (χ2v) is 3.90. The normalized spacial score (nSPS) is 43.4. The number of rotatable bonds is 1. The van der Waals surface area contributed by atoms with Crippen LogP contribution in [0.2, 0.25) is 0 Å². The summed E-state index contributed by atoms with van der Waals surface area (Å²) in [6, 6.07) is 0. The SMILES string of the molecule is CC(C)[C@@H]1CO[C@H]2CCO[C@H]21. The first-order valence-electron chi connectivity index (χ1n) is 4.52. The molecule has 0 aromatic carbocycles. The van der Waals surface area contributed by atoms with Crippen molar-refractivity contribution in [2.24, 2.45) is 11.8 Å². The highest BCUT2D eigenvalue weighted by Crippen LogP contribution is 2.34. The topological polar surface area (TPSA) is 18.5 Å². The lowest BCUT2D eigenvalue weighted by molar-refractivity contribution is 0.0551. The Labute approximate surface area is 67.9 Å². The summed E-state index contributed by atoms with van der Waals surface area (Å²) in [6.07, 6.45) is 1.94. The van der Waals surface area contributed by atoms with Gasteiger partial charge >= 0.3 is 0 Å². The fourth-order valence-corrected chi connectivity index (χ4v) is 2.07. The molecular formula is C9H16O2. The third-order valence-corrected chi connectivity index (χ3v) is 2.86. The van der Waals surface area contributed by atoms with Crippen LogP contribution in [-0.2, 0) is 9.47 Å². The maximum atomic E-state index is 5.63. The molecular weight excluding hydrogens is 140 g/mol. The predicted octanol–water partition coefficient (Wildman–Crippen LogP) is 1.45. The molecule has 2 aliphatic heterocycles. The van der Waals surface area contributed by atoms with E-state index in [1.165, 1.54) is 0 Å².